The van der Waals surface area contributed by atoms with Gasteiger partial charge in [0.1, 0.15) is 5.75 Å². The predicted octanol–water partition coefficient (Wildman–Crippen LogP) is 4.88. The average Bonchev–Trinajstić information content (AvgIpc) is 3.08. The van der Waals surface area contributed by atoms with Gasteiger partial charge in [-0.1, -0.05) is 18.2 Å². The minimum absolute atomic E-state index is 0.0149. The Bertz CT molecular complexity index is 727. The summed E-state index contributed by atoms with van der Waals surface area (Å²) in [5, 5.41) is 4.59. The highest BCUT2D eigenvalue weighted by Gasteiger charge is 2.31. The highest BCUT2D eigenvalue weighted by atomic mass is 32.1. The topological polar surface area (TPSA) is 55.4 Å². The van der Waals surface area contributed by atoms with Gasteiger partial charge in [-0.05, 0) is 42.5 Å². The van der Waals surface area contributed by atoms with E-state index >= 15 is 0 Å². The van der Waals surface area contributed by atoms with Crippen LogP contribution in [0.2, 0.25) is 0 Å². The molecular formula is C18H18F3NO3S. The highest BCUT2D eigenvalue weighted by molar-refractivity contribution is 7.12. The maximum Gasteiger partial charge on any atom is 0.573 e. The van der Waals surface area contributed by atoms with Gasteiger partial charge in [0, 0.05) is 12.8 Å². The van der Waals surface area contributed by atoms with E-state index in [1.807, 2.05) is 5.38 Å². The van der Waals surface area contributed by atoms with Crippen molar-refractivity contribution >= 4 is 23.0 Å². The van der Waals surface area contributed by atoms with E-state index < -0.39 is 6.36 Å². The molecule has 0 aliphatic heterocycles. The van der Waals surface area contributed by atoms with Crippen molar-refractivity contribution in [2.45, 2.75) is 38.6 Å². The number of thiophene rings is 1. The van der Waals surface area contributed by atoms with Crippen LogP contribution < -0.4 is 10.1 Å². The third-order valence-corrected chi connectivity index (χ3v) is 4.51. The van der Waals surface area contributed by atoms with Gasteiger partial charge in [0.25, 0.3) is 0 Å². The van der Waals surface area contributed by atoms with Crippen LogP contribution in [-0.2, 0) is 4.79 Å². The predicted molar refractivity (Wildman–Crippen MR) is 92.2 cm³/mol. The second-order valence-corrected chi connectivity index (χ2v) is 6.61. The maximum atomic E-state index is 12.1. The van der Waals surface area contributed by atoms with Gasteiger partial charge >= 0.3 is 6.36 Å². The number of nitrogens with one attached hydrogen (secondary N) is 1. The number of ether oxygens (including phenoxy) is 1. The van der Waals surface area contributed by atoms with Crippen LogP contribution >= 0.6 is 11.3 Å². The molecular weight excluding hydrogens is 367 g/mol. The largest absolute Gasteiger partial charge is 0.573 e. The molecule has 0 fully saturated rings. The molecule has 0 saturated carbocycles. The van der Waals surface area contributed by atoms with Crippen molar-refractivity contribution in [3.05, 3.63) is 52.2 Å². The van der Waals surface area contributed by atoms with E-state index in [9.17, 15) is 22.8 Å². The third kappa shape index (κ3) is 6.51. The molecule has 0 saturated heterocycles. The lowest BCUT2D eigenvalue weighted by Crippen LogP contribution is -2.26. The van der Waals surface area contributed by atoms with Crippen LogP contribution in [0.5, 0.6) is 5.75 Å². The first-order chi connectivity index (χ1) is 12.2. The van der Waals surface area contributed by atoms with E-state index in [4.69, 9.17) is 0 Å². The summed E-state index contributed by atoms with van der Waals surface area (Å²) in [4.78, 5) is 24.5. The van der Waals surface area contributed by atoms with Gasteiger partial charge in [-0.25, -0.2) is 0 Å². The molecule has 0 bridgehead atoms. The number of alkyl halides is 3. The summed E-state index contributed by atoms with van der Waals surface area (Å²) < 4.78 is 40.2. The number of hydrogen-bond acceptors (Lipinski definition) is 4. The van der Waals surface area contributed by atoms with Crippen LogP contribution in [0.1, 0.15) is 47.5 Å². The molecule has 0 aliphatic carbocycles. The monoisotopic (exact) mass is 385 g/mol. The summed E-state index contributed by atoms with van der Waals surface area (Å²) in [6.45, 7) is 1.73. The third-order valence-electron chi connectivity index (χ3n) is 3.59. The fourth-order valence-corrected chi connectivity index (χ4v) is 3.02. The molecule has 0 radical (unpaired) electrons. The Hall–Kier alpha value is -2.35. The molecule has 26 heavy (non-hydrogen) atoms. The minimum Gasteiger partial charge on any atom is -0.406 e. The number of halogens is 3. The summed E-state index contributed by atoms with van der Waals surface area (Å²) in [6.07, 6.45) is -3.79. The Balaban J connectivity index is 1.76. The standard InChI is InChI=1S/C18H18F3NO3S/c1-12(13-7-9-14(10-8-13)25-18(19,20)21)22-17(24)6-2-4-15(23)16-5-3-11-26-16/h3,5,7-12H,2,4,6H2,1H3,(H,22,24)/t12-/m1/s1. The van der Waals surface area contributed by atoms with E-state index in [2.05, 4.69) is 10.1 Å². The molecule has 0 unspecified atom stereocenters. The van der Waals surface area contributed by atoms with Crippen LogP contribution in [-0.4, -0.2) is 18.1 Å². The summed E-state index contributed by atoms with van der Waals surface area (Å²) in [7, 11) is 0. The van der Waals surface area contributed by atoms with E-state index in [0.717, 1.165) is 0 Å². The van der Waals surface area contributed by atoms with Crippen molar-refractivity contribution in [1.82, 2.24) is 5.32 Å². The lowest BCUT2D eigenvalue weighted by atomic mass is 10.1. The number of Topliss-reactive ketones (excluding diaryl/α,β-unsaturated/α-hetero) is 1. The quantitative estimate of drug-likeness (QED) is 0.659. The maximum absolute atomic E-state index is 12.1. The molecule has 0 aliphatic rings. The van der Waals surface area contributed by atoms with Crippen molar-refractivity contribution in [3.8, 4) is 5.75 Å². The number of rotatable bonds is 8. The van der Waals surface area contributed by atoms with Crippen molar-refractivity contribution in [1.29, 1.82) is 0 Å². The lowest BCUT2D eigenvalue weighted by Gasteiger charge is -2.15. The van der Waals surface area contributed by atoms with Crippen LogP contribution in [0.3, 0.4) is 0 Å². The fourth-order valence-electron chi connectivity index (χ4n) is 2.33. The molecule has 0 spiro atoms. The Morgan fingerprint density at radius 3 is 2.42 bits per heavy atom. The van der Waals surface area contributed by atoms with E-state index in [1.54, 1.807) is 19.1 Å². The first-order valence-corrected chi connectivity index (χ1v) is 8.84. The highest BCUT2D eigenvalue weighted by Crippen LogP contribution is 2.24. The zero-order valence-corrected chi connectivity index (χ0v) is 14.8. The number of amides is 1. The summed E-state index contributed by atoms with van der Waals surface area (Å²) >= 11 is 1.37. The second kappa shape index (κ2) is 8.84. The van der Waals surface area contributed by atoms with Crippen LogP contribution in [0.4, 0.5) is 13.2 Å². The zero-order chi connectivity index (χ0) is 19.2. The molecule has 1 atom stereocenters. The smallest absolute Gasteiger partial charge is 0.406 e. The van der Waals surface area contributed by atoms with Gasteiger partial charge in [0.2, 0.25) is 5.91 Å². The fraction of sp³-hybridized carbons (Fsp3) is 0.333. The number of carbonyl (C=O) groups is 2. The molecule has 1 heterocycles. The van der Waals surface area contributed by atoms with Crippen LogP contribution in [0.25, 0.3) is 0 Å². The number of ketones is 1. The van der Waals surface area contributed by atoms with Crippen LogP contribution in [0, 0.1) is 0 Å². The molecule has 140 valence electrons. The molecule has 1 N–H and O–H groups in total. The molecule has 1 amide bonds. The van der Waals surface area contributed by atoms with Gasteiger partial charge in [0.05, 0.1) is 10.9 Å². The molecule has 2 aromatic rings. The minimum atomic E-state index is -4.73. The van der Waals surface area contributed by atoms with Gasteiger partial charge in [0.15, 0.2) is 5.78 Å². The molecule has 1 aromatic heterocycles. The van der Waals surface area contributed by atoms with Gasteiger partial charge in [-0.15, -0.1) is 24.5 Å². The summed E-state index contributed by atoms with van der Waals surface area (Å²) in [6, 6.07) is 8.52. The Morgan fingerprint density at radius 1 is 1.15 bits per heavy atom. The Morgan fingerprint density at radius 2 is 1.85 bits per heavy atom. The van der Waals surface area contributed by atoms with Crippen molar-refractivity contribution in [2.75, 3.05) is 0 Å². The first-order valence-electron chi connectivity index (χ1n) is 7.96. The summed E-state index contributed by atoms with van der Waals surface area (Å²) in [5.74, 6) is -0.514. The summed E-state index contributed by atoms with van der Waals surface area (Å²) in [5.41, 5.74) is 0.655. The Labute approximate surface area is 153 Å². The van der Waals surface area contributed by atoms with Crippen molar-refractivity contribution in [3.63, 3.8) is 0 Å². The van der Waals surface area contributed by atoms with Gasteiger partial charge in [-0.2, -0.15) is 0 Å². The Kier molecular flexibility index (Phi) is 6.79. The SMILES string of the molecule is C[C@@H](NC(=O)CCCC(=O)c1cccs1)c1ccc(OC(F)(F)F)cc1. The number of carbonyl (C=O) groups excluding carboxylic acids is 2. The average molecular weight is 385 g/mol. The zero-order valence-electron chi connectivity index (χ0n) is 14.0. The van der Waals surface area contributed by atoms with E-state index in [-0.39, 0.29) is 29.9 Å². The normalized spacial score (nSPS) is 12.5. The number of benzene rings is 1. The molecule has 1 aromatic carbocycles. The molecule has 2 rings (SSSR count). The van der Waals surface area contributed by atoms with Crippen LogP contribution in [0.15, 0.2) is 41.8 Å². The second-order valence-electron chi connectivity index (χ2n) is 5.66. The van der Waals surface area contributed by atoms with Gasteiger partial charge < -0.3 is 10.1 Å². The molecule has 4 nitrogen and oxygen atoms in total. The lowest BCUT2D eigenvalue weighted by molar-refractivity contribution is -0.274. The number of hydrogen-bond donors (Lipinski definition) is 1. The van der Waals surface area contributed by atoms with Gasteiger partial charge in [-0.3, -0.25) is 9.59 Å². The van der Waals surface area contributed by atoms with Crippen molar-refractivity contribution < 1.29 is 27.5 Å². The first kappa shape index (κ1) is 20.0. The van der Waals surface area contributed by atoms with E-state index in [0.29, 0.717) is 23.3 Å². The molecule has 8 heteroatoms. The van der Waals surface area contributed by atoms with Crippen molar-refractivity contribution in [2.24, 2.45) is 0 Å². The van der Waals surface area contributed by atoms with E-state index in [1.165, 1.54) is 35.6 Å².